The summed E-state index contributed by atoms with van der Waals surface area (Å²) >= 11 is 0. The van der Waals surface area contributed by atoms with Crippen molar-refractivity contribution in [2.24, 2.45) is 0 Å². The molecule has 19 heteroatoms. The molecule has 0 spiro atoms. The Bertz CT molecular complexity index is 1740. The predicted molar refractivity (Wildman–Crippen MR) is 368 cm³/mol. The molecule has 0 rings (SSSR count). The van der Waals surface area contributed by atoms with Crippen LogP contribution in [0.5, 0.6) is 0 Å². The molecular formula is C72H140O17P2. The van der Waals surface area contributed by atoms with Crippen LogP contribution in [-0.4, -0.2) is 96.7 Å². The quantitative estimate of drug-likeness (QED) is 0.0222. The third kappa shape index (κ3) is 66.5. The fourth-order valence-electron chi connectivity index (χ4n) is 11.0. The molecule has 0 fully saturated rings. The van der Waals surface area contributed by atoms with Gasteiger partial charge in [0.1, 0.15) is 19.3 Å². The van der Waals surface area contributed by atoms with Crippen LogP contribution >= 0.6 is 15.6 Å². The van der Waals surface area contributed by atoms with Crippen molar-refractivity contribution >= 4 is 39.5 Å². The molecule has 0 aromatic carbocycles. The van der Waals surface area contributed by atoms with Crippen LogP contribution in [-0.2, 0) is 65.4 Å². The number of hydrogen-bond acceptors (Lipinski definition) is 15. The molecule has 540 valence electrons. The van der Waals surface area contributed by atoms with Crippen molar-refractivity contribution in [3.05, 3.63) is 0 Å². The van der Waals surface area contributed by atoms with E-state index < -0.39 is 97.5 Å². The number of hydrogen-bond donors (Lipinski definition) is 3. The molecule has 0 saturated heterocycles. The standard InChI is InChI=1S/C72H140O17P2/c1-5-9-13-17-21-25-28-31-33-35-38-42-45-49-53-57-70(75)82-62-67(88-71(76)58-54-50-46-40-24-20-16-12-8-4)64-86-90(78,79)84-60-66(73)61-85-91(80,81)87-65-68(63-83-69(74)56-52-48-44-41-37-30-27-23-19-15-11-7-3)89-72(77)59-55-51-47-43-39-36-34-32-29-26-22-18-14-10-6-2/h66-68,73H,5-65H2,1-4H3,(H,78,79)(H,80,81)/t66-,67+,68+/m0/s1. The number of aliphatic hydroxyl groups excluding tert-OH is 1. The maximum atomic E-state index is 13.0. The minimum atomic E-state index is -4.95. The first kappa shape index (κ1) is 89.1. The van der Waals surface area contributed by atoms with Gasteiger partial charge in [-0.25, -0.2) is 9.13 Å². The van der Waals surface area contributed by atoms with E-state index in [0.717, 1.165) is 89.9 Å². The normalized spacial score (nSPS) is 14.0. The molecule has 0 aromatic heterocycles. The Morgan fingerprint density at radius 3 is 0.648 bits per heavy atom. The zero-order chi connectivity index (χ0) is 66.8. The Kier molecular flexibility index (Phi) is 65.2. The number of unbranched alkanes of at least 4 members (excludes halogenated alkanes) is 47. The van der Waals surface area contributed by atoms with Crippen LogP contribution in [0.4, 0.5) is 0 Å². The number of phosphoric acid groups is 2. The van der Waals surface area contributed by atoms with E-state index >= 15 is 0 Å². The Hall–Kier alpha value is -1.94. The van der Waals surface area contributed by atoms with E-state index in [4.69, 9.17) is 37.0 Å². The SMILES string of the molecule is CCCCCCCCCCCCCCCCCC(=O)OC[C@H](COP(=O)(O)OC[C@H](O)COP(=O)(O)OC[C@@H](COC(=O)CCCCCCCCCCCCCC)OC(=O)CCCCCCCCCCCCCCCCC)OC(=O)CCCCCCCCCCC. The van der Waals surface area contributed by atoms with Gasteiger partial charge in [-0.1, -0.05) is 329 Å². The van der Waals surface area contributed by atoms with Gasteiger partial charge in [-0.3, -0.25) is 37.3 Å². The van der Waals surface area contributed by atoms with Crippen molar-refractivity contribution in [3.8, 4) is 0 Å². The highest BCUT2D eigenvalue weighted by molar-refractivity contribution is 7.47. The first-order chi connectivity index (χ1) is 44.2. The van der Waals surface area contributed by atoms with Gasteiger partial charge in [0, 0.05) is 25.7 Å². The Morgan fingerprint density at radius 1 is 0.264 bits per heavy atom. The van der Waals surface area contributed by atoms with E-state index in [0.29, 0.717) is 25.7 Å². The van der Waals surface area contributed by atoms with Gasteiger partial charge in [-0.05, 0) is 25.7 Å². The van der Waals surface area contributed by atoms with E-state index in [-0.39, 0.29) is 25.7 Å². The van der Waals surface area contributed by atoms with Gasteiger partial charge in [0.2, 0.25) is 0 Å². The van der Waals surface area contributed by atoms with Crippen molar-refractivity contribution in [1.29, 1.82) is 0 Å². The first-order valence-corrected chi connectivity index (χ1v) is 40.8. The predicted octanol–water partition coefficient (Wildman–Crippen LogP) is 21.1. The summed E-state index contributed by atoms with van der Waals surface area (Å²) in [5, 5.41) is 10.6. The van der Waals surface area contributed by atoms with Crippen LogP contribution < -0.4 is 0 Å². The summed E-state index contributed by atoms with van der Waals surface area (Å²) in [6.07, 6.45) is 55.3. The van der Waals surface area contributed by atoms with E-state index in [1.165, 1.54) is 212 Å². The van der Waals surface area contributed by atoms with Crippen LogP contribution in [0.2, 0.25) is 0 Å². The second-order valence-corrected chi connectivity index (χ2v) is 28.9. The lowest BCUT2D eigenvalue weighted by atomic mass is 10.0. The van der Waals surface area contributed by atoms with E-state index in [1.807, 2.05) is 0 Å². The van der Waals surface area contributed by atoms with E-state index in [9.17, 15) is 43.2 Å². The molecule has 0 aliphatic carbocycles. The van der Waals surface area contributed by atoms with Crippen molar-refractivity contribution < 1.29 is 80.2 Å². The molecule has 3 N–H and O–H groups in total. The van der Waals surface area contributed by atoms with Crippen LogP contribution in [0.15, 0.2) is 0 Å². The lowest BCUT2D eigenvalue weighted by Gasteiger charge is -2.21. The molecule has 0 aromatic rings. The molecule has 0 amide bonds. The molecule has 0 saturated carbocycles. The summed E-state index contributed by atoms with van der Waals surface area (Å²) < 4.78 is 68.3. The zero-order valence-electron chi connectivity index (χ0n) is 58.8. The number of carbonyl (C=O) groups excluding carboxylic acids is 4. The van der Waals surface area contributed by atoms with Gasteiger partial charge < -0.3 is 33.8 Å². The third-order valence-corrected chi connectivity index (χ3v) is 18.8. The molecule has 2 unspecified atom stereocenters. The lowest BCUT2D eigenvalue weighted by molar-refractivity contribution is -0.161. The summed E-state index contributed by atoms with van der Waals surface area (Å²) in [7, 11) is -9.90. The van der Waals surface area contributed by atoms with Gasteiger partial charge in [0.15, 0.2) is 12.2 Å². The average molecular weight is 1340 g/mol. The second kappa shape index (κ2) is 66.7. The largest absolute Gasteiger partial charge is 0.472 e. The van der Waals surface area contributed by atoms with Crippen LogP contribution in [0.1, 0.15) is 381 Å². The summed E-state index contributed by atoms with van der Waals surface area (Å²) in [5.41, 5.74) is 0. The van der Waals surface area contributed by atoms with Crippen LogP contribution in [0.3, 0.4) is 0 Å². The van der Waals surface area contributed by atoms with Crippen LogP contribution in [0, 0.1) is 0 Å². The number of phosphoric ester groups is 2. The summed E-state index contributed by atoms with van der Waals surface area (Å²) in [5.74, 6) is -2.12. The third-order valence-electron chi connectivity index (χ3n) is 16.9. The maximum Gasteiger partial charge on any atom is 0.472 e. The van der Waals surface area contributed by atoms with Crippen molar-refractivity contribution in [2.75, 3.05) is 39.6 Å². The van der Waals surface area contributed by atoms with E-state index in [1.54, 1.807) is 0 Å². The number of aliphatic hydroxyl groups is 1. The molecule has 17 nitrogen and oxygen atoms in total. The summed E-state index contributed by atoms with van der Waals surface area (Å²) in [6.45, 7) is 4.95. The number of esters is 4. The minimum absolute atomic E-state index is 0.107. The highest BCUT2D eigenvalue weighted by Crippen LogP contribution is 2.45. The zero-order valence-corrected chi connectivity index (χ0v) is 60.6. The van der Waals surface area contributed by atoms with Crippen molar-refractivity contribution in [3.63, 3.8) is 0 Å². The molecule has 0 aliphatic rings. The summed E-state index contributed by atoms with van der Waals surface area (Å²) in [4.78, 5) is 72.6. The number of carbonyl (C=O) groups is 4. The monoisotopic (exact) mass is 1340 g/mol. The smallest absolute Gasteiger partial charge is 0.462 e. The Labute approximate surface area is 556 Å². The molecule has 91 heavy (non-hydrogen) atoms. The van der Waals surface area contributed by atoms with Crippen molar-refractivity contribution in [2.45, 2.75) is 399 Å². The summed E-state index contributed by atoms with van der Waals surface area (Å²) in [6, 6.07) is 0. The molecule has 0 bridgehead atoms. The fraction of sp³-hybridized carbons (Fsp3) is 0.944. The fourth-order valence-corrected chi connectivity index (χ4v) is 12.6. The minimum Gasteiger partial charge on any atom is -0.462 e. The van der Waals surface area contributed by atoms with Gasteiger partial charge >= 0.3 is 39.5 Å². The average Bonchev–Trinajstić information content (AvgIpc) is 3.68. The number of rotatable bonds is 73. The van der Waals surface area contributed by atoms with Crippen LogP contribution in [0.25, 0.3) is 0 Å². The molecule has 0 heterocycles. The van der Waals surface area contributed by atoms with Gasteiger partial charge in [-0.15, -0.1) is 0 Å². The lowest BCUT2D eigenvalue weighted by Crippen LogP contribution is -2.30. The first-order valence-electron chi connectivity index (χ1n) is 37.8. The second-order valence-electron chi connectivity index (χ2n) is 26.0. The topological polar surface area (TPSA) is 237 Å². The van der Waals surface area contributed by atoms with Gasteiger partial charge in [0.05, 0.1) is 26.4 Å². The maximum absolute atomic E-state index is 13.0. The van der Waals surface area contributed by atoms with Crippen molar-refractivity contribution in [1.82, 2.24) is 0 Å². The molecule has 0 radical (unpaired) electrons. The van der Waals surface area contributed by atoms with Gasteiger partial charge in [-0.2, -0.15) is 0 Å². The Morgan fingerprint density at radius 2 is 0.440 bits per heavy atom. The highest BCUT2D eigenvalue weighted by atomic mass is 31.2. The molecule has 5 atom stereocenters. The molecular weight excluding hydrogens is 1200 g/mol. The number of ether oxygens (including phenoxy) is 4. The Balaban J connectivity index is 5.20. The molecule has 0 aliphatic heterocycles. The van der Waals surface area contributed by atoms with Gasteiger partial charge in [0.25, 0.3) is 0 Å². The van der Waals surface area contributed by atoms with E-state index in [2.05, 4.69) is 27.7 Å². The highest BCUT2D eigenvalue weighted by Gasteiger charge is 2.30.